The van der Waals surface area contributed by atoms with Crippen molar-refractivity contribution in [3.05, 3.63) is 84.7 Å². The molecule has 0 saturated heterocycles. The first-order valence-electron chi connectivity index (χ1n) is 12.3. The third-order valence-corrected chi connectivity index (χ3v) is 5.34. The van der Waals surface area contributed by atoms with E-state index in [1.807, 2.05) is 0 Å². The summed E-state index contributed by atoms with van der Waals surface area (Å²) >= 11 is 0. The molecule has 1 aliphatic rings. The number of anilines is 3. The van der Waals surface area contributed by atoms with Crippen LogP contribution in [0.2, 0.25) is 0 Å². The number of rotatable bonds is 9. The summed E-state index contributed by atoms with van der Waals surface area (Å²) in [7, 11) is 1.48. The molecule has 1 heterocycles. The maximum Gasteiger partial charge on any atom is 0.418 e. The first kappa shape index (κ1) is 31.3. The van der Waals surface area contributed by atoms with Gasteiger partial charge in [0.25, 0.3) is 5.91 Å². The Hall–Kier alpha value is -5.27. The number of hydrogen-bond acceptors (Lipinski definition) is 6. The van der Waals surface area contributed by atoms with E-state index in [4.69, 9.17) is 4.74 Å². The van der Waals surface area contributed by atoms with Crippen molar-refractivity contribution in [1.29, 1.82) is 0 Å². The molecule has 10 nitrogen and oxygen atoms in total. The van der Waals surface area contributed by atoms with Crippen LogP contribution in [0.1, 0.15) is 18.9 Å². The fourth-order valence-corrected chi connectivity index (χ4v) is 3.50. The van der Waals surface area contributed by atoms with E-state index in [1.165, 1.54) is 37.4 Å². The van der Waals surface area contributed by atoms with Crippen LogP contribution in [0, 0.1) is 0 Å². The Balaban J connectivity index is 1.73. The highest BCUT2D eigenvalue weighted by molar-refractivity contribution is 6.43. The second-order valence-electron chi connectivity index (χ2n) is 8.49. The van der Waals surface area contributed by atoms with E-state index in [1.54, 1.807) is 12.2 Å². The van der Waals surface area contributed by atoms with Crippen LogP contribution < -0.4 is 25.7 Å². The number of hydrogen-bond donors (Lipinski definition) is 3. The minimum absolute atomic E-state index is 0.191. The van der Waals surface area contributed by atoms with Crippen molar-refractivity contribution in [2.45, 2.75) is 19.5 Å². The second kappa shape index (κ2) is 13.9. The molecule has 0 fully saturated rings. The van der Waals surface area contributed by atoms with Gasteiger partial charge in [-0.2, -0.15) is 22.6 Å². The lowest BCUT2D eigenvalue weighted by Crippen LogP contribution is -2.27. The summed E-state index contributed by atoms with van der Waals surface area (Å²) in [6, 6.07) is 7.81. The van der Waals surface area contributed by atoms with Crippen molar-refractivity contribution in [2.24, 2.45) is 10.1 Å². The standard InChI is InChI=1S/C28H26F4N6O4/c1-4-6-25(29)37-38(17(2)39)24-13-10-19(15-22(24)28(30,31)32)36-27(41)35-18-8-11-20(12-9-18)42-21-7-5-14-34-23(16-21)26(40)33-3/h4-5,7-13,15-16H,1,6,14H2,2-3H3,(H,33,40)(H2,35,36,41)/b37-25+. The molecule has 0 saturated carbocycles. The van der Waals surface area contributed by atoms with Crippen LogP contribution in [0.3, 0.4) is 0 Å². The molecule has 1 aliphatic heterocycles. The van der Waals surface area contributed by atoms with Gasteiger partial charge in [0.05, 0.1) is 17.8 Å². The predicted octanol–water partition coefficient (Wildman–Crippen LogP) is 5.58. The van der Waals surface area contributed by atoms with Gasteiger partial charge in [-0.3, -0.25) is 14.6 Å². The van der Waals surface area contributed by atoms with Gasteiger partial charge in [0.15, 0.2) is 0 Å². The normalized spacial score (nSPS) is 13.2. The van der Waals surface area contributed by atoms with Crippen molar-refractivity contribution < 1.29 is 36.7 Å². The monoisotopic (exact) mass is 586 g/mol. The predicted molar refractivity (Wildman–Crippen MR) is 151 cm³/mol. The number of alkyl halides is 3. The topological polar surface area (TPSA) is 124 Å². The number of ether oxygens (including phenoxy) is 1. The van der Waals surface area contributed by atoms with Crippen LogP contribution in [0.4, 0.5) is 39.4 Å². The number of hydrazone groups is 1. The third-order valence-electron chi connectivity index (χ3n) is 5.34. The van der Waals surface area contributed by atoms with Crippen molar-refractivity contribution in [2.75, 3.05) is 29.2 Å². The number of carbonyl (C=O) groups is 3. The fraction of sp³-hybridized carbons (Fsp3) is 0.179. The average molecular weight is 587 g/mol. The second-order valence-corrected chi connectivity index (χ2v) is 8.49. The van der Waals surface area contributed by atoms with Gasteiger partial charge in [-0.25, -0.2) is 4.79 Å². The van der Waals surface area contributed by atoms with E-state index in [2.05, 4.69) is 32.6 Å². The number of nitrogens with zero attached hydrogens (tertiary/aromatic N) is 3. The molecule has 0 atom stereocenters. The van der Waals surface area contributed by atoms with Gasteiger partial charge in [-0.05, 0) is 48.5 Å². The third kappa shape index (κ3) is 8.61. The molecule has 0 aromatic heterocycles. The summed E-state index contributed by atoms with van der Waals surface area (Å²) in [6.07, 6.45) is 0.624. The molecule has 3 rings (SSSR count). The van der Waals surface area contributed by atoms with Crippen LogP contribution in [-0.2, 0) is 15.8 Å². The fourth-order valence-electron chi connectivity index (χ4n) is 3.50. The van der Waals surface area contributed by atoms with Crippen molar-refractivity contribution in [1.82, 2.24) is 5.32 Å². The number of benzene rings is 2. The van der Waals surface area contributed by atoms with E-state index in [0.29, 0.717) is 34.8 Å². The van der Waals surface area contributed by atoms with Gasteiger partial charge >= 0.3 is 12.2 Å². The number of amides is 4. The summed E-state index contributed by atoms with van der Waals surface area (Å²) in [4.78, 5) is 40.5. The SMILES string of the molecule is C=CC/C(F)=N\N(C(C)=O)c1ccc(NC(=O)Nc2ccc(OC3=CC(C(=O)NC)=NCC=C3)cc2)cc1C(F)(F)F. The van der Waals surface area contributed by atoms with E-state index < -0.39 is 35.3 Å². The molecule has 3 N–H and O–H groups in total. The molecule has 0 radical (unpaired) electrons. The van der Waals surface area contributed by atoms with Gasteiger partial charge in [0, 0.05) is 37.8 Å². The van der Waals surface area contributed by atoms with Crippen LogP contribution in [0.5, 0.6) is 5.75 Å². The van der Waals surface area contributed by atoms with E-state index in [0.717, 1.165) is 25.1 Å². The average Bonchev–Trinajstić information content (AvgIpc) is 3.17. The first-order chi connectivity index (χ1) is 19.9. The van der Waals surface area contributed by atoms with E-state index in [-0.39, 0.29) is 23.7 Å². The smallest absolute Gasteiger partial charge is 0.418 e. The van der Waals surface area contributed by atoms with Crippen LogP contribution in [-0.4, -0.2) is 43.1 Å². The summed E-state index contributed by atoms with van der Waals surface area (Å²) in [6.45, 7) is 4.55. The molecule has 0 spiro atoms. The summed E-state index contributed by atoms with van der Waals surface area (Å²) in [5.74, 6) is -1.71. The van der Waals surface area contributed by atoms with Crippen LogP contribution in [0.25, 0.3) is 0 Å². The minimum Gasteiger partial charge on any atom is -0.457 e. The molecule has 0 bridgehead atoms. The highest BCUT2D eigenvalue weighted by atomic mass is 19.4. The van der Waals surface area contributed by atoms with Gasteiger partial charge in [0.1, 0.15) is 17.2 Å². The first-order valence-corrected chi connectivity index (χ1v) is 12.3. The Bertz CT molecular complexity index is 1480. The molecule has 2 aromatic carbocycles. The molecule has 14 heteroatoms. The maximum absolute atomic E-state index is 13.9. The van der Waals surface area contributed by atoms with Gasteiger partial charge < -0.3 is 20.7 Å². The van der Waals surface area contributed by atoms with Gasteiger partial charge in [-0.15, -0.1) is 11.7 Å². The molecular formula is C28H26F4N6O4. The molecule has 42 heavy (non-hydrogen) atoms. The Labute approximate surface area is 238 Å². The van der Waals surface area contributed by atoms with Gasteiger partial charge in [-0.1, -0.05) is 12.2 Å². The van der Waals surface area contributed by atoms with E-state index in [9.17, 15) is 31.9 Å². The Kier molecular flexibility index (Phi) is 10.3. The Morgan fingerprint density at radius 2 is 1.79 bits per heavy atom. The number of allylic oxidation sites excluding steroid dienone is 2. The van der Waals surface area contributed by atoms with Gasteiger partial charge in [0.2, 0.25) is 11.9 Å². The molecule has 4 amide bonds. The lowest BCUT2D eigenvalue weighted by molar-refractivity contribution is -0.137. The number of carbonyl (C=O) groups excluding carboxylic acids is 3. The largest absolute Gasteiger partial charge is 0.457 e. The molecule has 0 unspecified atom stereocenters. The summed E-state index contributed by atoms with van der Waals surface area (Å²) < 4.78 is 61.2. The van der Waals surface area contributed by atoms with Crippen LogP contribution >= 0.6 is 0 Å². The lowest BCUT2D eigenvalue weighted by atomic mass is 10.1. The minimum atomic E-state index is -4.97. The summed E-state index contributed by atoms with van der Waals surface area (Å²) in [5.41, 5.74) is -1.80. The zero-order valence-corrected chi connectivity index (χ0v) is 22.5. The van der Waals surface area contributed by atoms with Crippen molar-refractivity contribution >= 4 is 46.6 Å². The number of halogens is 4. The van der Waals surface area contributed by atoms with Crippen LogP contribution in [0.15, 0.2) is 89.2 Å². The number of aliphatic imine (C=N–C) groups is 1. The Morgan fingerprint density at radius 3 is 2.40 bits per heavy atom. The van der Waals surface area contributed by atoms with Crippen molar-refractivity contribution in [3.63, 3.8) is 0 Å². The zero-order valence-electron chi connectivity index (χ0n) is 22.5. The van der Waals surface area contributed by atoms with E-state index >= 15 is 0 Å². The highest BCUT2D eigenvalue weighted by Gasteiger charge is 2.36. The zero-order chi connectivity index (χ0) is 30.9. The lowest BCUT2D eigenvalue weighted by Gasteiger charge is -2.21. The number of urea groups is 1. The molecule has 220 valence electrons. The molecule has 0 aliphatic carbocycles. The summed E-state index contributed by atoms with van der Waals surface area (Å²) in [5, 5.41) is 10.9. The molecule has 2 aromatic rings. The maximum atomic E-state index is 13.9. The number of nitrogens with one attached hydrogen (secondary N) is 3. The quantitative estimate of drug-likeness (QED) is 0.154. The highest BCUT2D eigenvalue weighted by Crippen LogP contribution is 2.38. The van der Waals surface area contributed by atoms with Crippen molar-refractivity contribution in [3.8, 4) is 5.75 Å². The molecular weight excluding hydrogens is 560 g/mol. The Morgan fingerprint density at radius 1 is 1.12 bits per heavy atom.